The molecule has 0 bridgehead atoms. The minimum Gasteiger partial charge on any atom is -0.454 e. The summed E-state index contributed by atoms with van der Waals surface area (Å²) >= 11 is 0. The van der Waals surface area contributed by atoms with Crippen molar-refractivity contribution in [3.05, 3.63) is 87.1 Å². The molecule has 0 saturated carbocycles. The van der Waals surface area contributed by atoms with Gasteiger partial charge >= 0.3 is 11.7 Å². The molecular formula is C21H20N2O4. The second-order valence-electron chi connectivity index (χ2n) is 6.44. The molecule has 0 amide bonds. The van der Waals surface area contributed by atoms with E-state index in [1.165, 1.54) is 4.57 Å². The number of benzene rings is 2. The molecule has 0 fully saturated rings. The normalized spacial score (nSPS) is 10.6. The molecule has 27 heavy (non-hydrogen) atoms. The third-order valence-electron chi connectivity index (χ3n) is 4.35. The number of H-pyrrole nitrogens is 1. The smallest absolute Gasteiger partial charge is 0.338 e. The molecule has 0 radical (unpaired) electrons. The lowest BCUT2D eigenvalue weighted by Crippen LogP contribution is -2.17. The molecule has 1 heterocycles. The van der Waals surface area contributed by atoms with Gasteiger partial charge in [-0.25, -0.2) is 9.59 Å². The highest BCUT2D eigenvalue weighted by atomic mass is 16.5. The Hall–Kier alpha value is -3.41. The van der Waals surface area contributed by atoms with Crippen molar-refractivity contribution in [2.45, 2.75) is 20.8 Å². The van der Waals surface area contributed by atoms with Crippen LogP contribution in [0.2, 0.25) is 0 Å². The van der Waals surface area contributed by atoms with Gasteiger partial charge in [0, 0.05) is 17.5 Å². The van der Waals surface area contributed by atoms with Crippen molar-refractivity contribution in [2.24, 2.45) is 0 Å². The van der Waals surface area contributed by atoms with Gasteiger partial charge in [0.25, 0.3) is 0 Å². The fourth-order valence-corrected chi connectivity index (χ4v) is 2.85. The summed E-state index contributed by atoms with van der Waals surface area (Å²) in [4.78, 5) is 38.9. The third-order valence-corrected chi connectivity index (χ3v) is 4.35. The molecule has 0 atom stereocenters. The van der Waals surface area contributed by atoms with Gasteiger partial charge in [0.05, 0.1) is 11.3 Å². The summed E-state index contributed by atoms with van der Waals surface area (Å²) in [7, 11) is 0. The van der Waals surface area contributed by atoms with Gasteiger partial charge in [-0.05, 0) is 56.7 Å². The molecule has 1 aromatic heterocycles. The van der Waals surface area contributed by atoms with E-state index >= 15 is 0 Å². The van der Waals surface area contributed by atoms with Crippen LogP contribution < -0.4 is 5.69 Å². The number of carbonyl (C=O) groups is 2. The number of ether oxygens (including phenoxy) is 1. The summed E-state index contributed by atoms with van der Waals surface area (Å²) in [5.41, 5.74) is 3.84. The highest BCUT2D eigenvalue weighted by Gasteiger charge is 2.14. The fourth-order valence-electron chi connectivity index (χ4n) is 2.85. The van der Waals surface area contributed by atoms with Gasteiger partial charge in [-0.1, -0.05) is 17.7 Å². The first-order valence-electron chi connectivity index (χ1n) is 8.52. The van der Waals surface area contributed by atoms with Gasteiger partial charge < -0.3 is 9.72 Å². The topological polar surface area (TPSA) is 81.2 Å². The highest BCUT2D eigenvalue weighted by molar-refractivity contribution is 6.00. The number of esters is 1. The van der Waals surface area contributed by atoms with Crippen LogP contribution in [0.15, 0.2) is 53.5 Å². The number of nitrogens with zero attached hydrogens (tertiary/aromatic N) is 1. The summed E-state index contributed by atoms with van der Waals surface area (Å²) in [6.45, 7) is 5.24. The number of aromatic nitrogens is 2. The quantitative estimate of drug-likeness (QED) is 0.557. The molecule has 0 aliphatic rings. The molecule has 3 aromatic rings. The zero-order valence-electron chi connectivity index (χ0n) is 15.4. The molecule has 6 heteroatoms. The number of rotatable bonds is 5. The Morgan fingerprint density at radius 2 is 1.74 bits per heavy atom. The molecule has 0 unspecified atom stereocenters. The van der Waals surface area contributed by atoms with Crippen molar-refractivity contribution in [1.82, 2.24) is 9.55 Å². The lowest BCUT2D eigenvalue weighted by Gasteiger charge is -2.08. The van der Waals surface area contributed by atoms with E-state index in [1.54, 1.807) is 43.5 Å². The number of Topliss-reactive ketones (excluding diaryl/α,β-unsaturated/α-hetero) is 1. The Morgan fingerprint density at radius 3 is 2.37 bits per heavy atom. The number of aryl methyl sites for hydroxylation is 3. The summed E-state index contributed by atoms with van der Waals surface area (Å²) in [6.07, 6.45) is 1.61. The van der Waals surface area contributed by atoms with Crippen molar-refractivity contribution >= 4 is 11.8 Å². The zero-order chi connectivity index (χ0) is 19.6. The van der Waals surface area contributed by atoms with E-state index in [-0.39, 0.29) is 18.1 Å². The predicted molar refractivity (Wildman–Crippen MR) is 102 cm³/mol. The first kappa shape index (κ1) is 18.4. The van der Waals surface area contributed by atoms with Gasteiger partial charge in [-0.3, -0.25) is 9.36 Å². The maximum atomic E-state index is 12.3. The number of imidazole rings is 1. The van der Waals surface area contributed by atoms with Crippen LogP contribution in [0, 0.1) is 20.8 Å². The Bertz CT molecular complexity index is 1060. The fraction of sp³-hybridized carbons (Fsp3) is 0.190. The van der Waals surface area contributed by atoms with Crippen molar-refractivity contribution < 1.29 is 14.3 Å². The van der Waals surface area contributed by atoms with E-state index in [2.05, 4.69) is 4.98 Å². The molecule has 3 rings (SSSR count). The monoisotopic (exact) mass is 364 g/mol. The van der Waals surface area contributed by atoms with E-state index in [9.17, 15) is 14.4 Å². The van der Waals surface area contributed by atoms with Gasteiger partial charge in [-0.15, -0.1) is 0 Å². The van der Waals surface area contributed by atoms with Crippen LogP contribution in [-0.4, -0.2) is 27.9 Å². The Balaban J connectivity index is 1.69. The van der Waals surface area contributed by atoms with Crippen LogP contribution in [0.25, 0.3) is 5.69 Å². The molecule has 1 N–H and O–H groups in total. The van der Waals surface area contributed by atoms with E-state index in [1.807, 2.05) is 26.0 Å². The first-order valence-corrected chi connectivity index (χ1v) is 8.52. The van der Waals surface area contributed by atoms with Crippen LogP contribution in [0.1, 0.15) is 37.5 Å². The number of aromatic amines is 1. The SMILES string of the molecule is Cc1ccc(C)c(C(=O)COC(=O)c2ccc(-n3c(C)c[nH]c3=O)cc2)c1. The minimum absolute atomic E-state index is 0.240. The Morgan fingerprint density at radius 1 is 1.04 bits per heavy atom. The highest BCUT2D eigenvalue weighted by Crippen LogP contribution is 2.13. The summed E-state index contributed by atoms with van der Waals surface area (Å²) in [5, 5.41) is 0. The second kappa shape index (κ2) is 7.45. The lowest BCUT2D eigenvalue weighted by atomic mass is 10.0. The second-order valence-corrected chi connectivity index (χ2v) is 6.44. The van der Waals surface area contributed by atoms with Crippen LogP contribution >= 0.6 is 0 Å². The molecule has 0 spiro atoms. The average Bonchev–Trinajstić information content (AvgIpc) is 3.00. The van der Waals surface area contributed by atoms with E-state index in [4.69, 9.17) is 4.74 Å². The zero-order valence-corrected chi connectivity index (χ0v) is 15.4. The van der Waals surface area contributed by atoms with Gasteiger partial charge in [-0.2, -0.15) is 0 Å². The molecule has 0 aliphatic carbocycles. The maximum Gasteiger partial charge on any atom is 0.338 e. The Labute approximate surface area is 156 Å². The molecule has 0 aliphatic heterocycles. The van der Waals surface area contributed by atoms with Crippen LogP contribution in [0.5, 0.6) is 0 Å². The summed E-state index contributed by atoms with van der Waals surface area (Å²) in [5.74, 6) is -0.825. The maximum absolute atomic E-state index is 12.3. The average molecular weight is 364 g/mol. The van der Waals surface area contributed by atoms with Crippen molar-refractivity contribution in [3.8, 4) is 5.69 Å². The van der Waals surface area contributed by atoms with Gasteiger partial charge in [0.15, 0.2) is 6.61 Å². The van der Waals surface area contributed by atoms with Crippen molar-refractivity contribution in [3.63, 3.8) is 0 Å². The lowest BCUT2D eigenvalue weighted by molar-refractivity contribution is 0.0474. The molecule has 0 saturated heterocycles. The Kier molecular flexibility index (Phi) is 5.07. The number of carbonyl (C=O) groups excluding carboxylic acids is 2. The van der Waals surface area contributed by atoms with Gasteiger partial charge in [0.2, 0.25) is 5.78 Å². The van der Waals surface area contributed by atoms with Crippen LogP contribution in [0.3, 0.4) is 0 Å². The summed E-state index contributed by atoms with van der Waals surface area (Å²) < 4.78 is 6.65. The molecular weight excluding hydrogens is 344 g/mol. The first-order chi connectivity index (χ1) is 12.9. The van der Waals surface area contributed by atoms with Crippen molar-refractivity contribution in [2.75, 3.05) is 6.61 Å². The number of hydrogen-bond acceptors (Lipinski definition) is 4. The molecule has 138 valence electrons. The van der Waals surface area contributed by atoms with Crippen molar-refractivity contribution in [1.29, 1.82) is 0 Å². The van der Waals surface area contributed by atoms with Crippen LogP contribution in [-0.2, 0) is 4.74 Å². The molecule has 6 nitrogen and oxygen atoms in total. The van der Waals surface area contributed by atoms with Crippen LogP contribution in [0.4, 0.5) is 0 Å². The van der Waals surface area contributed by atoms with Gasteiger partial charge in [0.1, 0.15) is 0 Å². The third kappa shape index (κ3) is 3.89. The summed E-state index contributed by atoms with van der Waals surface area (Å²) in [6, 6.07) is 12.0. The number of ketones is 1. The predicted octanol–water partition coefficient (Wildman–Crippen LogP) is 3.13. The standard InChI is InChI=1S/C21H20N2O4/c1-13-4-5-14(2)18(10-13)19(24)12-27-20(25)16-6-8-17(9-7-16)23-15(3)11-22-21(23)26/h4-11H,12H2,1-3H3,(H,22,26). The van der Waals surface area contributed by atoms with E-state index < -0.39 is 5.97 Å². The van der Waals surface area contributed by atoms with E-state index in [0.717, 1.165) is 16.8 Å². The van der Waals surface area contributed by atoms with E-state index in [0.29, 0.717) is 16.8 Å². The largest absolute Gasteiger partial charge is 0.454 e. The minimum atomic E-state index is -0.585. The number of hydrogen-bond donors (Lipinski definition) is 1. The molecule has 2 aromatic carbocycles. The number of nitrogens with one attached hydrogen (secondary N) is 1.